The van der Waals surface area contributed by atoms with Crippen LogP contribution in [-0.2, 0) is 17.0 Å². The van der Waals surface area contributed by atoms with Crippen molar-refractivity contribution in [3.63, 3.8) is 0 Å². The van der Waals surface area contributed by atoms with Crippen LogP contribution in [0.1, 0.15) is 31.9 Å². The molecule has 0 aliphatic heterocycles. The van der Waals surface area contributed by atoms with Gasteiger partial charge in [0.15, 0.2) is 11.5 Å². The molecule has 1 atom stereocenters. The first-order chi connectivity index (χ1) is 12.2. The van der Waals surface area contributed by atoms with Crippen LogP contribution in [-0.4, -0.2) is 24.0 Å². The van der Waals surface area contributed by atoms with Crippen LogP contribution in [0.4, 0.5) is 0 Å². The molecule has 0 amide bonds. The third kappa shape index (κ3) is 7.58. The molecule has 7 heteroatoms. The van der Waals surface area contributed by atoms with E-state index in [1.807, 2.05) is 24.4 Å². The maximum absolute atomic E-state index is 10.3. The number of rotatable bonds is 4. The molecule has 1 N–H and O–H groups in total. The Kier molecular flexibility index (Phi) is 10.2. The zero-order valence-corrected chi connectivity index (χ0v) is 19.7. The summed E-state index contributed by atoms with van der Waals surface area (Å²) in [6, 6.07) is 11.8. The first-order valence-electron chi connectivity index (χ1n) is 7.97. The number of para-hydroxylation sites is 1. The molecule has 140 valence electrons. The van der Waals surface area contributed by atoms with Gasteiger partial charge in [-0.2, -0.15) is 0 Å². The minimum atomic E-state index is -0.556. The second-order valence-electron chi connectivity index (χ2n) is 6.52. The summed E-state index contributed by atoms with van der Waals surface area (Å²) >= 11 is -0.556. The fraction of sp³-hybridized carbons (Fsp3) is 0.316. The zero-order valence-electron chi connectivity index (χ0n) is 15.6. The van der Waals surface area contributed by atoms with Gasteiger partial charge in [0, 0.05) is 17.1 Å². The Morgan fingerprint density at radius 3 is 2.35 bits per heavy atom. The first kappa shape index (κ1) is 23.5. The van der Waals surface area contributed by atoms with E-state index >= 15 is 0 Å². The normalized spacial score (nSPS) is 11.5. The Bertz CT molecular complexity index is 749. The van der Waals surface area contributed by atoms with Crippen LogP contribution in [0.2, 0.25) is 0 Å². The topological polar surface area (TPSA) is 41.8 Å². The third-order valence-corrected chi connectivity index (χ3v) is 4.98. The van der Waals surface area contributed by atoms with Crippen LogP contribution in [0.3, 0.4) is 0 Å². The molecular weight excluding hydrogens is 424 g/mol. The summed E-state index contributed by atoms with van der Waals surface area (Å²) in [5, 5.41) is 12.4. The van der Waals surface area contributed by atoms with Crippen LogP contribution >= 0.6 is 27.2 Å². The van der Waals surface area contributed by atoms with Crippen molar-refractivity contribution in [2.75, 3.05) is 7.11 Å². The molecule has 0 aliphatic rings. The molecule has 2 rings (SSSR count). The SMILES string of the molecule is COc1cccc(Pc2c(C)cccc2C=NC(C)(C)C)c1O.[Cl][Ti][Cl]. The quantitative estimate of drug-likeness (QED) is 0.410. The molecule has 2 aromatic carbocycles. The number of phenolic OH excluding ortho intramolecular Hbond substituents is 1. The molecule has 0 bridgehead atoms. The number of hydrogen-bond donors (Lipinski definition) is 1. The van der Waals surface area contributed by atoms with E-state index in [9.17, 15) is 5.11 Å². The van der Waals surface area contributed by atoms with Crippen molar-refractivity contribution in [2.45, 2.75) is 33.2 Å². The number of phenols is 1. The van der Waals surface area contributed by atoms with Crippen molar-refractivity contribution in [2.24, 2.45) is 4.99 Å². The molecule has 0 aliphatic carbocycles. The summed E-state index contributed by atoms with van der Waals surface area (Å²) in [7, 11) is 11.7. The van der Waals surface area contributed by atoms with Gasteiger partial charge >= 0.3 is 35.6 Å². The number of benzene rings is 2. The van der Waals surface area contributed by atoms with Gasteiger partial charge in [0.25, 0.3) is 0 Å². The van der Waals surface area contributed by atoms with E-state index in [1.165, 1.54) is 10.9 Å². The van der Waals surface area contributed by atoms with E-state index in [0.29, 0.717) is 14.3 Å². The van der Waals surface area contributed by atoms with E-state index in [0.717, 1.165) is 10.9 Å². The summed E-state index contributed by atoms with van der Waals surface area (Å²) in [5.41, 5.74) is 2.19. The molecule has 0 saturated heterocycles. The number of nitrogens with zero attached hydrogens (tertiary/aromatic N) is 1. The number of aryl methyl sites for hydroxylation is 1. The van der Waals surface area contributed by atoms with Crippen LogP contribution in [0.25, 0.3) is 0 Å². The maximum atomic E-state index is 10.3. The fourth-order valence-electron chi connectivity index (χ4n) is 2.15. The molecule has 0 fully saturated rings. The summed E-state index contributed by atoms with van der Waals surface area (Å²) in [6.07, 6.45) is 1.94. The van der Waals surface area contributed by atoms with Crippen LogP contribution in [0, 0.1) is 6.92 Å². The van der Waals surface area contributed by atoms with E-state index in [2.05, 4.69) is 44.8 Å². The standard InChI is InChI=1S/C19H24NO2P.2ClH.Ti/c1-13-8-6-9-14(12-20-19(2,3)4)18(13)23-16-11-7-10-15(22-5)17(16)21;;;/h6-12,21,23H,1-5H3;2*1H;/q;;;+2/p-2. The Balaban J connectivity index is 0.00000105. The van der Waals surface area contributed by atoms with Crippen molar-refractivity contribution in [3.8, 4) is 11.5 Å². The minimum absolute atomic E-state index is 0.109. The Morgan fingerprint density at radius 2 is 1.77 bits per heavy atom. The molecule has 0 saturated carbocycles. The summed E-state index contributed by atoms with van der Waals surface area (Å²) in [4.78, 5) is 4.62. The third-order valence-electron chi connectivity index (χ3n) is 3.37. The predicted molar refractivity (Wildman–Crippen MR) is 112 cm³/mol. The van der Waals surface area contributed by atoms with Crippen molar-refractivity contribution in [3.05, 3.63) is 47.5 Å². The molecule has 0 aromatic heterocycles. The van der Waals surface area contributed by atoms with Crippen LogP contribution in [0.15, 0.2) is 41.4 Å². The predicted octanol–water partition coefficient (Wildman–Crippen LogP) is 4.93. The Morgan fingerprint density at radius 1 is 1.15 bits per heavy atom. The number of aliphatic imine (C=N–C) groups is 1. The van der Waals surface area contributed by atoms with Crippen LogP contribution < -0.4 is 15.3 Å². The van der Waals surface area contributed by atoms with Gasteiger partial charge in [-0.1, -0.05) is 38.9 Å². The van der Waals surface area contributed by atoms with E-state index in [1.54, 1.807) is 13.2 Å². The summed E-state index contributed by atoms with van der Waals surface area (Å²) < 4.78 is 5.20. The van der Waals surface area contributed by atoms with Gasteiger partial charge in [0.2, 0.25) is 0 Å². The fourth-order valence-corrected chi connectivity index (χ4v) is 3.42. The van der Waals surface area contributed by atoms with E-state index < -0.39 is 17.0 Å². The van der Waals surface area contributed by atoms with E-state index in [4.69, 9.17) is 23.3 Å². The molecule has 2 aromatic rings. The zero-order chi connectivity index (χ0) is 19.7. The number of methoxy groups -OCH3 is 1. The van der Waals surface area contributed by atoms with Crippen molar-refractivity contribution in [1.29, 1.82) is 0 Å². The number of hydrogen-bond acceptors (Lipinski definition) is 3. The van der Waals surface area contributed by atoms with Gasteiger partial charge < -0.3 is 9.84 Å². The Hall–Kier alpha value is -0.566. The first-order valence-corrected chi connectivity index (χ1v) is 13.3. The summed E-state index contributed by atoms with van der Waals surface area (Å²) in [6.45, 7) is 8.33. The van der Waals surface area contributed by atoms with Crippen molar-refractivity contribution in [1.82, 2.24) is 0 Å². The van der Waals surface area contributed by atoms with E-state index in [-0.39, 0.29) is 11.3 Å². The van der Waals surface area contributed by atoms with Gasteiger partial charge in [-0.15, -0.1) is 0 Å². The van der Waals surface area contributed by atoms with Gasteiger partial charge in [-0.25, -0.2) is 0 Å². The van der Waals surface area contributed by atoms with Crippen molar-refractivity contribution < 1.29 is 26.9 Å². The monoisotopic (exact) mass is 447 g/mol. The van der Waals surface area contributed by atoms with Crippen LogP contribution in [0.5, 0.6) is 11.5 Å². The van der Waals surface area contributed by atoms with Gasteiger partial charge in [0.1, 0.15) is 0 Å². The van der Waals surface area contributed by atoms with Crippen molar-refractivity contribution >= 4 is 44.0 Å². The number of aromatic hydroxyl groups is 1. The number of halogens is 2. The molecule has 1 unspecified atom stereocenters. The van der Waals surface area contributed by atoms with Gasteiger partial charge in [0.05, 0.1) is 12.6 Å². The second-order valence-corrected chi connectivity index (χ2v) is 10.4. The average Bonchev–Trinajstić information content (AvgIpc) is 2.57. The average molecular weight is 448 g/mol. The Labute approximate surface area is 174 Å². The van der Waals surface area contributed by atoms with Gasteiger partial charge in [-0.05, 0) is 44.6 Å². The molecule has 0 heterocycles. The molecule has 0 radical (unpaired) electrons. The molecule has 26 heavy (non-hydrogen) atoms. The summed E-state index contributed by atoms with van der Waals surface area (Å²) in [5.74, 6) is 0.726. The molecule has 0 spiro atoms. The number of ether oxygens (including phenoxy) is 1. The molecular formula is C19H24Cl2NO2PTi. The second kappa shape index (κ2) is 11.3. The van der Waals surface area contributed by atoms with Gasteiger partial charge in [-0.3, -0.25) is 4.99 Å². The molecule has 3 nitrogen and oxygen atoms in total.